The highest BCUT2D eigenvalue weighted by atomic mass is 35.5. The number of anilines is 1. The average Bonchev–Trinajstić information content (AvgIpc) is 2.50. The summed E-state index contributed by atoms with van der Waals surface area (Å²) >= 11 is 11.7. The Morgan fingerprint density at radius 1 is 1.09 bits per heavy atom. The zero-order valence-corrected chi connectivity index (χ0v) is 13.4. The van der Waals surface area contributed by atoms with Crippen molar-refractivity contribution in [2.75, 3.05) is 5.32 Å². The van der Waals surface area contributed by atoms with E-state index in [1.54, 1.807) is 18.2 Å². The van der Waals surface area contributed by atoms with Crippen LogP contribution in [0.3, 0.4) is 0 Å². The molecule has 2 aromatic carbocycles. The van der Waals surface area contributed by atoms with Gasteiger partial charge in [-0.15, -0.1) is 0 Å². The van der Waals surface area contributed by atoms with Crippen LogP contribution in [-0.2, 0) is 11.2 Å². The monoisotopic (exact) mass is 352 g/mol. The van der Waals surface area contributed by atoms with E-state index in [4.69, 9.17) is 23.2 Å². The molecule has 0 spiro atoms. The predicted octanol–water partition coefficient (Wildman–Crippen LogP) is 3.81. The molecule has 0 radical (unpaired) electrons. The third-order valence-corrected chi connectivity index (χ3v) is 3.61. The number of halogens is 2. The van der Waals surface area contributed by atoms with Gasteiger partial charge in [-0.2, -0.15) is 0 Å². The Morgan fingerprint density at radius 3 is 2.39 bits per heavy atom. The lowest BCUT2D eigenvalue weighted by Gasteiger charge is -2.16. The van der Waals surface area contributed by atoms with Gasteiger partial charge >= 0.3 is 12.0 Å². The number of hydrogen-bond donors (Lipinski definition) is 3. The summed E-state index contributed by atoms with van der Waals surface area (Å²) in [5.41, 5.74) is 1.15. The van der Waals surface area contributed by atoms with Crippen molar-refractivity contribution < 1.29 is 14.7 Å². The molecule has 5 nitrogen and oxygen atoms in total. The average molecular weight is 353 g/mol. The molecular formula is C16H14Cl2N2O3. The maximum Gasteiger partial charge on any atom is 0.326 e. The maximum atomic E-state index is 12.0. The lowest BCUT2D eigenvalue weighted by atomic mass is 10.1. The van der Waals surface area contributed by atoms with Crippen LogP contribution < -0.4 is 10.6 Å². The van der Waals surface area contributed by atoms with Crippen molar-refractivity contribution >= 4 is 40.9 Å². The smallest absolute Gasteiger partial charge is 0.326 e. The number of amides is 2. The third kappa shape index (κ3) is 5.16. The van der Waals surface area contributed by atoms with Crippen molar-refractivity contribution in [3.63, 3.8) is 0 Å². The Hall–Kier alpha value is -2.24. The molecule has 2 rings (SSSR count). The molecule has 0 saturated carbocycles. The molecule has 7 heteroatoms. The summed E-state index contributed by atoms with van der Waals surface area (Å²) in [5, 5.41) is 14.9. The van der Waals surface area contributed by atoms with Crippen molar-refractivity contribution in [2.45, 2.75) is 12.5 Å². The second-order valence-corrected chi connectivity index (χ2v) is 5.65. The molecule has 0 aliphatic carbocycles. The van der Waals surface area contributed by atoms with Crippen molar-refractivity contribution in [1.29, 1.82) is 0 Å². The number of carboxylic acids is 1. The first-order chi connectivity index (χ1) is 11.0. The van der Waals surface area contributed by atoms with Crippen LogP contribution in [0.2, 0.25) is 10.0 Å². The predicted molar refractivity (Wildman–Crippen MR) is 90.2 cm³/mol. The molecular weight excluding hydrogens is 339 g/mol. The molecule has 0 fully saturated rings. The van der Waals surface area contributed by atoms with E-state index in [-0.39, 0.29) is 11.4 Å². The number of rotatable bonds is 5. The number of nitrogens with one attached hydrogen (secondary N) is 2. The summed E-state index contributed by atoms with van der Waals surface area (Å²) in [6.07, 6.45) is 0.179. The molecule has 3 N–H and O–H groups in total. The standard InChI is InChI=1S/C16H14Cl2N2O3/c17-11-6-7-13(12(18)9-11)19-16(23)20-14(15(21)22)8-10-4-2-1-3-5-10/h1-7,9,14H,8H2,(H,21,22)(H2,19,20,23). The third-order valence-electron chi connectivity index (χ3n) is 3.07. The molecule has 0 aliphatic rings. The van der Waals surface area contributed by atoms with E-state index in [1.807, 2.05) is 18.2 Å². The molecule has 0 heterocycles. The lowest BCUT2D eigenvalue weighted by Crippen LogP contribution is -2.44. The molecule has 0 aliphatic heterocycles. The van der Waals surface area contributed by atoms with Gasteiger partial charge in [0.2, 0.25) is 0 Å². The minimum absolute atomic E-state index is 0.179. The minimum atomic E-state index is -1.12. The maximum absolute atomic E-state index is 12.0. The van der Waals surface area contributed by atoms with Gasteiger partial charge in [0.1, 0.15) is 6.04 Å². The molecule has 1 atom stereocenters. The fourth-order valence-electron chi connectivity index (χ4n) is 1.96. The first kappa shape index (κ1) is 17.1. The molecule has 2 amide bonds. The molecule has 2 aromatic rings. The SMILES string of the molecule is O=C(Nc1ccc(Cl)cc1Cl)NC(Cc1ccccc1)C(=O)O. The highest BCUT2D eigenvalue weighted by Gasteiger charge is 2.20. The van der Waals surface area contributed by atoms with Gasteiger partial charge in [0.25, 0.3) is 0 Å². The zero-order chi connectivity index (χ0) is 16.8. The number of benzene rings is 2. The van der Waals surface area contributed by atoms with Crippen molar-refractivity contribution in [3.8, 4) is 0 Å². The first-order valence-corrected chi connectivity index (χ1v) is 7.50. The van der Waals surface area contributed by atoms with Gasteiger partial charge in [0.15, 0.2) is 0 Å². The summed E-state index contributed by atoms with van der Waals surface area (Å²) in [5.74, 6) is -1.12. The van der Waals surface area contributed by atoms with Crippen LogP contribution in [0.1, 0.15) is 5.56 Å². The van der Waals surface area contributed by atoms with Crippen LogP contribution in [0.4, 0.5) is 10.5 Å². The number of carbonyl (C=O) groups is 2. The fraction of sp³-hybridized carbons (Fsp3) is 0.125. The fourth-order valence-corrected chi connectivity index (χ4v) is 2.41. The molecule has 23 heavy (non-hydrogen) atoms. The second-order valence-electron chi connectivity index (χ2n) is 4.80. The van der Waals surface area contributed by atoms with E-state index in [9.17, 15) is 14.7 Å². The van der Waals surface area contributed by atoms with E-state index in [2.05, 4.69) is 10.6 Å². The Morgan fingerprint density at radius 2 is 1.78 bits per heavy atom. The van der Waals surface area contributed by atoms with Gasteiger partial charge in [-0.1, -0.05) is 53.5 Å². The Kier molecular flexibility index (Phi) is 5.84. The van der Waals surface area contributed by atoms with Gasteiger partial charge in [0, 0.05) is 11.4 Å². The van der Waals surface area contributed by atoms with E-state index in [0.29, 0.717) is 10.7 Å². The summed E-state index contributed by atoms with van der Waals surface area (Å²) in [6, 6.07) is 11.9. The second kappa shape index (κ2) is 7.85. The van der Waals surface area contributed by atoms with Crippen LogP contribution in [0.5, 0.6) is 0 Å². The van der Waals surface area contributed by atoms with Crippen molar-refractivity contribution in [1.82, 2.24) is 5.32 Å². The van der Waals surface area contributed by atoms with Gasteiger partial charge in [-0.25, -0.2) is 9.59 Å². The summed E-state index contributed by atoms with van der Waals surface area (Å²) in [4.78, 5) is 23.3. The van der Waals surface area contributed by atoms with Crippen molar-refractivity contribution in [2.24, 2.45) is 0 Å². The molecule has 0 aromatic heterocycles. The topological polar surface area (TPSA) is 78.4 Å². The van der Waals surface area contributed by atoms with E-state index >= 15 is 0 Å². The largest absolute Gasteiger partial charge is 0.480 e. The Balaban J connectivity index is 2.02. The Bertz CT molecular complexity index is 708. The van der Waals surface area contributed by atoms with Crippen LogP contribution in [0.15, 0.2) is 48.5 Å². The quantitative estimate of drug-likeness (QED) is 0.765. The van der Waals surface area contributed by atoms with E-state index in [1.165, 1.54) is 12.1 Å². The van der Waals surface area contributed by atoms with Crippen molar-refractivity contribution in [3.05, 3.63) is 64.1 Å². The summed E-state index contributed by atoms with van der Waals surface area (Å²) in [7, 11) is 0. The number of hydrogen-bond acceptors (Lipinski definition) is 2. The normalized spacial score (nSPS) is 11.6. The lowest BCUT2D eigenvalue weighted by molar-refractivity contribution is -0.139. The minimum Gasteiger partial charge on any atom is -0.480 e. The van der Waals surface area contributed by atoms with Gasteiger partial charge in [-0.05, 0) is 23.8 Å². The molecule has 1 unspecified atom stereocenters. The van der Waals surface area contributed by atoms with Crippen LogP contribution in [0, 0.1) is 0 Å². The van der Waals surface area contributed by atoms with Gasteiger partial charge < -0.3 is 15.7 Å². The number of carboxylic acid groups (broad SMARTS) is 1. The molecule has 120 valence electrons. The van der Waals surface area contributed by atoms with Crippen LogP contribution in [-0.4, -0.2) is 23.1 Å². The highest BCUT2D eigenvalue weighted by Crippen LogP contribution is 2.25. The number of urea groups is 1. The summed E-state index contributed by atoms with van der Waals surface area (Å²) < 4.78 is 0. The number of carbonyl (C=O) groups excluding carboxylic acids is 1. The zero-order valence-electron chi connectivity index (χ0n) is 11.9. The summed E-state index contributed by atoms with van der Waals surface area (Å²) in [6.45, 7) is 0. The van der Waals surface area contributed by atoms with Crippen LogP contribution in [0.25, 0.3) is 0 Å². The van der Waals surface area contributed by atoms with Crippen LogP contribution >= 0.6 is 23.2 Å². The molecule has 0 bridgehead atoms. The van der Waals surface area contributed by atoms with Gasteiger partial charge in [-0.3, -0.25) is 0 Å². The number of aliphatic carboxylic acids is 1. The first-order valence-electron chi connectivity index (χ1n) is 6.75. The highest BCUT2D eigenvalue weighted by molar-refractivity contribution is 6.36. The van der Waals surface area contributed by atoms with Gasteiger partial charge in [0.05, 0.1) is 10.7 Å². The Labute approximate surface area is 143 Å². The van der Waals surface area contributed by atoms with E-state index < -0.39 is 18.0 Å². The van der Waals surface area contributed by atoms with E-state index in [0.717, 1.165) is 5.56 Å². The molecule has 0 saturated heterocycles.